The molecule has 0 bridgehead atoms. The molecule has 0 spiro atoms. The molecule has 0 heterocycles. The number of aliphatic hydroxyl groups excluding tert-OH is 5. The van der Waals surface area contributed by atoms with E-state index in [1.165, 1.54) is 7.05 Å². The summed E-state index contributed by atoms with van der Waals surface area (Å²) in [5.74, 6) is -1.83. The van der Waals surface area contributed by atoms with Crippen molar-refractivity contribution in [2.24, 2.45) is 0 Å². The van der Waals surface area contributed by atoms with E-state index in [1.807, 2.05) is 67.8 Å². The smallest absolute Gasteiger partial charge is 0.296 e. The van der Waals surface area contributed by atoms with Crippen molar-refractivity contribution < 1.29 is 40.0 Å². The number of carbonyl (C=O) groups excluding carboxylic acids is 2. The standard InChI is InChI=1S/C17H22I3N3O8/c1-7(26)31-23(2)15-13(19)10(16(29)21-3-8(27)5-24)12(18)11(14(15)20)17(30)22-4-9(28)6-25/h8-9,24-28H,1,3-6H2,2H3,(H,21,29)(H,22,30). The predicted molar refractivity (Wildman–Crippen MR) is 137 cm³/mol. The molecule has 1 aromatic carbocycles. The van der Waals surface area contributed by atoms with Crippen LogP contribution in [0.2, 0.25) is 0 Å². The van der Waals surface area contributed by atoms with Crippen molar-refractivity contribution in [3.63, 3.8) is 0 Å². The quantitative estimate of drug-likeness (QED) is 0.0934. The molecule has 1 rings (SSSR count). The van der Waals surface area contributed by atoms with Crippen molar-refractivity contribution in [1.82, 2.24) is 10.6 Å². The summed E-state index contributed by atoms with van der Waals surface area (Å²) in [7, 11) is 1.45. The summed E-state index contributed by atoms with van der Waals surface area (Å²) in [5.41, 5.74) is 0.500. The summed E-state index contributed by atoms with van der Waals surface area (Å²) in [5, 5.41) is 52.5. The number of anilines is 1. The van der Waals surface area contributed by atoms with Crippen molar-refractivity contribution in [2.75, 3.05) is 38.4 Å². The maximum atomic E-state index is 12.9. The highest BCUT2D eigenvalue weighted by atomic mass is 127. The molecular formula is C17H22I3N3O8. The van der Waals surface area contributed by atoms with Crippen molar-refractivity contribution in [2.45, 2.75) is 12.2 Å². The number of hydroxylamine groups is 1. The number of nitrogens with zero attached hydrogens (tertiary/aromatic N) is 1. The molecule has 1 aromatic rings. The Bertz CT molecular complexity index is 786. The number of hydrogen-bond acceptors (Lipinski definition) is 9. The molecule has 0 fully saturated rings. The van der Waals surface area contributed by atoms with Crippen molar-refractivity contribution >= 4 is 85.3 Å². The van der Waals surface area contributed by atoms with Gasteiger partial charge < -0.3 is 41.0 Å². The zero-order valence-electron chi connectivity index (χ0n) is 16.2. The largest absolute Gasteiger partial charge is 0.480 e. The van der Waals surface area contributed by atoms with Crippen LogP contribution in [0.25, 0.3) is 0 Å². The number of carbonyl (C=O) groups is 2. The summed E-state index contributed by atoms with van der Waals surface area (Å²) in [6.45, 7) is 1.74. The Morgan fingerprint density at radius 1 is 0.968 bits per heavy atom. The van der Waals surface area contributed by atoms with Crippen molar-refractivity contribution in [3.8, 4) is 0 Å². The number of amides is 2. The number of halogens is 3. The first kappa shape index (κ1) is 28.4. The summed E-state index contributed by atoms with van der Waals surface area (Å²) in [4.78, 5) is 30.8. The SMILES string of the molecule is C=C(O)ON(C)c1c(I)c(C(=O)NCC(O)CO)c(I)c(C(=O)NCC(O)CO)c1I. The summed E-state index contributed by atoms with van der Waals surface area (Å²) >= 11 is 5.63. The molecule has 2 amide bonds. The van der Waals surface area contributed by atoms with Gasteiger partial charge in [0, 0.05) is 23.7 Å². The normalized spacial score (nSPS) is 12.6. The molecule has 0 aliphatic rings. The zero-order valence-corrected chi connectivity index (χ0v) is 22.7. The fourth-order valence-electron chi connectivity index (χ4n) is 2.26. The second-order valence-electron chi connectivity index (χ2n) is 6.12. The molecule has 31 heavy (non-hydrogen) atoms. The predicted octanol–water partition coefficient (Wildman–Crippen LogP) is 0.0634. The number of nitrogens with one attached hydrogen (secondary N) is 2. The minimum Gasteiger partial charge on any atom is -0.480 e. The lowest BCUT2D eigenvalue weighted by molar-refractivity contribution is 0.0796. The van der Waals surface area contributed by atoms with Crippen LogP contribution in [0.15, 0.2) is 12.5 Å². The molecule has 2 atom stereocenters. The van der Waals surface area contributed by atoms with E-state index in [0.717, 1.165) is 5.06 Å². The molecule has 7 N–H and O–H groups in total. The van der Waals surface area contributed by atoms with E-state index in [0.29, 0.717) is 10.7 Å². The van der Waals surface area contributed by atoms with E-state index in [2.05, 4.69) is 17.2 Å². The Labute approximate surface area is 219 Å². The number of benzene rings is 1. The van der Waals surface area contributed by atoms with Crippen LogP contribution in [0.3, 0.4) is 0 Å². The van der Waals surface area contributed by atoms with Crippen LogP contribution in [-0.4, -0.2) is 82.9 Å². The average Bonchev–Trinajstić information content (AvgIpc) is 2.69. The van der Waals surface area contributed by atoms with Gasteiger partial charge in [-0.2, -0.15) is 0 Å². The van der Waals surface area contributed by atoms with E-state index < -0.39 is 43.2 Å². The fraction of sp³-hybridized carbons (Fsp3) is 0.412. The summed E-state index contributed by atoms with van der Waals surface area (Å²) in [6, 6.07) is 0. The second kappa shape index (κ2) is 13.1. The lowest BCUT2D eigenvalue weighted by atomic mass is 10.1. The van der Waals surface area contributed by atoms with Crippen LogP contribution in [0.4, 0.5) is 5.69 Å². The first-order valence-corrected chi connectivity index (χ1v) is 11.8. The number of hydrogen-bond donors (Lipinski definition) is 7. The van der Waals surface area contributed by atoms with Crippen LogP contribution in [0.1, 0.15) is 20.7 Å². The third-order valence-corrected chi connectivity index (χ3v) is 6.90. The number of rotatable bonds is 11. The molecule has 0 radical (unpaired) electrons. The highest BCUT2D eigenvalue weighted by Crippen LogP contribution is 2.37. The molecule has 11 nitrogen and oxygen atoms in total. The highest BCUT2D eigenvalue weighted by Gasteiger charge is 2.30. The zero-order chi connectivity index (χ0) is 23.9. The molecule has 0 aliphatic carbocycles. The summed E-state index contributed by atoms with van der Waals surface area (Å²) < 4.78 is 1.06. The van der Waals surface area contributed by atoms with Gasteiger partial charge in [-0.1, -0.05) is 0 Å². The average molecular weight is 777 g/mol. The van der Waals surface area contributed by atoms with Gasteiger partial charge >= 0.3 is 0 Å². The fourth-order valence-corrected chi connectivity index (χ4v) is 7.08. The monoisotopic (exact) mass is 777 g/mol. The molecule has 0 aliphatic heterocycles. The molecule has 2 unspecified atom stereocenters. The third kappa shape index (κ3) is 7.70. The van der Waals surface area contributed by atoms with Gasteiger partial charge in [0.25, 0.3) is 17.8 Å². The molecular weight excluding hydrogens is 755 g/mol. The Morgan fingerprint density at radius 2 is 1.35 bits per heavy atom. The van der Waals surface area contributed by atoms with Crippen molar-refractivity contribution in [3.05, 3.63) is 34.4 Å². The maximum Gasteiger partial charge on any atom is 0.296 e. The maximum absolute atomic E-state index is 12.9. The highest BCUT2D eigenvalue weighted by molar-refractivity contribution is 14.1. The van der Waals surface area contributed by atoms with Gasteiger partial charge in [-0.15, -0.1) is 0 Å². The topological polar surface area (TPSA) is 172 Å². The van der Waals surface area contributed by atoms with Crippen molar-refractivity contribution in [1.29, 1.82) is 0 Å². The lowest BCUT2D eigenvalue weighted by Crippen LogP contribution is -2.37. The molecule has 174 valence electrons. The van der Waals surface area contributed by atoms with Crippen LogP contribution in [0.5, 0.6) is 0 Å². The van der Waals surface area contributed by atoms with Gasteiger partial charge in [-0.3, -0.25) is 9.59 Å². The van der Waals surface area contributed by atoms with Gasteiger partial charge in [0.05, 0.1) is 43.7 Å². The van der Waals surface area contributed by atoms with Gasteiger partial charge in [0.15, 0.2) is 0 Å². The molecule has 0 saturated carbocycles. The minimum absolute atomic E-state index is 0.105. The molecule has 0 aromatic heterocycles. The lowest BCUT2D eigenvalue weighted by Gasteiger charge is -2.25. The van der Waals surface area contributed by atoms with Crippen LogP contribution in [0, 0.1) is 10.7 Å². The van der Waals surface area contributed by atoms with Crippen LogP contribution >= 0.6 is 67.8 Å². The number of aliphatic hydroxyl groups is 5. The Kier molecular flexibility index (Phi) is 12.0. The third-order valence-electron chi connectivity index (χ3n) is 3.72. The Hall–Kier alpha value is -0.670. The molecule has 14 heteroatoms. The van der Waals surface area contributed by atoms with Gasteiger partial charge in [-0.25, -0.2) is 5.06 Å². The minimum atomic E-state index is -1.16. The van der Waals surface area contributed by atoms with Gasteiger partial charge in [0.1, 0.15) is 5.69 Å². The Balaban J connectivity index is 3.55. The van der Waals surface area contributed by atoms with E-state index in [9.17, 15) is 24.9 Å². The van der Waals surface area contributed by atoms with Gasteiger partial charge in [0.2, 0.25) is 0 Å². The van der Waals surface area contributed by atoms with E-state index in [4.69, 9.17) is 15.1 Å². The first-order valence-electron chi connectivity index (χ1n) is 8.60. The van der Waals surface area contributed by atoms with E-state index in [-0.39, 0.29) is 29.9 Å². The van der Waals surface area contributed by atoms with E-state index in [1.54, 1.807) is 0 Å². The first-order chi connectivity index (χ1) is 14.5. The van der Waals surface area contributed by atoms with Crippen LogP contribution < -0.4 is 15.7 Å². The Morgan fingerprint density at radius 3 is 1.68 bits per heavy atom. The molecule has 0 saturated heterocycles. The van der Waals surface area contributed by atoms with Crippen LogP contribution in [-0.2, 0) is 4.84 Å². The van der Waals surface area contributed by atoms with E-state index >= 15 is 0 Å². The van der Waals surface area contributed by atoms with Gasteiger partial charge in [-0.05, 0) is 74.4 Å². The summed E-state index contributed by atoms with van der Waals surface area (Å²) in [6.07, 6.45) is -2.32. The second-order valence-corrected chi connectivity index (χ2v) is 9.35.